The van der Waals surface area contributed by atoms with Crippen LogP contribution in [0.3, 0.4) is 0 Å². The molecule has 4 nitrogen and oxygen atoms in total. The Kier molecular flexibility index (Phi) is 4.42. The molecular formula is C10H16N4S. The summed E-state index contributed by atoms with van der Waals surface area (Å²) in [5.74, 6) is 0.592. The predicted octanol–water partition coefficient (Wildman–Crippen LogP) is 1.71. The maximum atomic E-state index is 5.49. The summed E-state index contributed by atoms with van der Waals surface area (Å²) in [5, 5.41) is 3.24. The standard InChI is InChI=1S/C10H16N4S/c1-3-7(4-2)13-10-12-6-5-8(14-10)9(11)15/h5-7H,3-4H2,1-2H3,(H2,11,15)(H,12,13,14). The molecule has 1 heterocycles. The fourth-order valence-electron chi connectivity index (χ4n) is 1.24. The first-order chi connectivity index (χ1) is 7.17. The number of nitrogens with one attached hydrogen (secondary N) is 1. The lowest BCUT2D eigenvalue weighted by atomic mass is 10.2. The molecular weight excluding hydrogens is 208 g/mol. The second kappa shape index (κ2) is 5.60. The maximum absolute atomic E-state index is 5.49. The molecule has 0 saturated heterocycles. The Balaban J connectivity index is 2.77. The van der Waals surface area contributed by atoms with E-state index in [1.165, 1.54) is 0 Å². The van der Waals surface area contributed by atoms with E-state index in [-0.39, 0.29) is 0 Å². The molecule has 0 aliphatic carbocycles. The highest BCUT2D eigenvalue weighted by molar-refractivity contribution is 7.80. The molecule has 0 bridgehead atoms. The van der Waals surface area contributed by atoms with E-state index in [1.54, 1.807) is 12.3 Å². The summed E-state index contributed by atoms with van der Waals surface area (Å²) in [6.45, 7) is 4.25. The highest BCUT2D eigenvalue weighted by Gasteiger charge is 2.06. The van der Waals surface area contributed by atoms with Gasteiger partial charge in [0.05, 0.1) is 0 Å². The van der Waals surface area contributed by atoms with Gasteiger partial charge in [-0.2, -0.15) is 0 Å². The monoisotopic (exact) mass is 224 g/mol. The van der Waals surface area contributed by atoms with E-state index < -0.39 is 0 Å². The van der Waals surface area contributed by atoms with E-state index >= 15 is 0 Å². The van der Waals surface area contributed by atoms with E-state index in [4.69, 9.17) is 18.0 Å². The normalized spacial score (nSPS) is 10.3. The van der Waals surface area contributed by atoms with Gasteiger partial charge in [-0.25, -0.2) is 9.97 Å². The zero-order valence-electron chi connectivity index (χ0n) is 9.03. The van der Waals surface area contributed by atoms with Crippen molar-refractivity contribution >= 4 is 23.2 Å². The van der Waals surface area contributed by atoms with Crippen molar-refractivity contribution < 1.29 is 0 Å². The topological polar surface area (TPSA) is 63.8 Å². The Morgan fingerprint density at radius 2 is 2.20 bits per heavy atom. The highest BCUT2D eigenvalue weighted by atomic mass is 32.1. The smallest absolute Gasteiger partial charge is 0.223 e. The van der Waals surface area contributed by atoms with Crippen LogP contribution in [-0.2, 0) is 0 Å². The predicted molar refractivity (Wildman–Crippen MR) is 65.9 cm³/mol. The zero-order valence-corrected chi connectivity index (χ0v) is 9.84. The fraction of sp³-hybridized carbons (Fsp3) is 0.500. The van der Waals surface area contributed by atoms with Crippen LogP contribution in [0.1, 0.15) is 32.4 Å². The minimum Gasteiger partial charge on any atom is -0.388 e. The summed E-state index contributed by atoms with van der Waals surface area (Å²) >= 11 is 4.85. The molecule has 0 spiro atoms. The van der Waals surface area contributed by atoms with E-state index in [9.17, 15) is 0 Å². The summed E-state index contributed by atoms with van der Waals surface area (Å²) in [7, 11) is 0. The first-order valence-corrected chi connectivity index (χ1v) is 5.47. The molecule has 0 amide bonds. The molecule has 1 rings (SSSR count). The molecule has 0 unspecified atom stereocenters. The van der Waals surface area contributed by atoms with Crippen molar-refractivity contribution in [1.29, 1.82) is 0 Å². The number of thiocarbonyl (C=S) groups is 1. The average Bonchev–Trinajstić information content (AvgIpc) is 2.26. The van der Waals surface area contributed by atoms with Crippen LogP contribution in [0.5, 0.6) is 0 Å². The van der Waals surface area contributed by atoms with Gasteiger partial charge in [0.2, 0.25) is 5.95 Å². The molecule has 0 fully saturated rings. The van der Waals surface area contributed by atoms with Crippen LogP contribution in [0.2, 0.25) is 0 Å². The van der Waals surface area contributed by atoms with Crippen LogP contribution in [0.15, 0.2) is 12.3 Å². The Morgan fingerprint density at radius 1 is 1.53 bits per heavy atom. The van der Waals surface area contributed by atoms with E-state index in [0.717, 1.165) is 12.8 Å². The van der Waals surface area contributed by atoms with Gasteiger partial charge in [0.1, 0.15) is 10.7 Å². The molecule has 82 valence electrons. The van der Waals surface area contributed by atoms with Crippen molar-refractivity contribution in [2.24, 2.45) is 5.73 Å². The van der Waals surface area contributed by atoms with Gasteiger partial charge in [-0.1, -0.05) is 26.1 Å². The van der Waals surface area contributed by atoms with E-state index in [2.05, 4.69) is 29.1 Å². The van der Waals surface area contributed by atoms with E-state index in [0.29, 0.717) is 22.7 Å². The van der Waals surface area contributed by atoms with Crippen molar-refractivity contribution in [3.8, 4) is 0 Å². The Hall–Kier alpha value is -1.23. The summed E-state index contributed by atoms with van der Waals surface area (Å²) in [4.78, 5) is 8.64. The second-order valence-corrected chi connectivity index (χ2v) is 3.73. The molecule has 0 aromatic carbocycles. The molecule has 1 aromatic heterocycles. The Morgan fingerprint density at radius 3 is 2.73 bits per heavy atom. The molecule has 0 aliphatic rings. The lowest BCUT2D eigenvalue weighted by Crippen LogP contribution is -2.20. The lowest BCUT2D eigenvalue weighted by molar-refractivity contribution is 0.664. The molecule has 0 aliphatic heterocycles. The summed E-state index contributed by atoms with van der Waals surface area (Å²) in [6.07, 6.45) is 3.74. The van der Waals surface area contributed by atoms with Gasteiger partial charge in [0.15, 0.2) is 0 Å². The van der Waals surface area contributed by atoms with Gasteiger partial charge in [0, 0.05) is 12.2 Å². The highest BCUT2D eigenvalue weighted by Crippen LogP contribution is 2.06. The van der Waals surface area contributed by atoms with Crippen molar-refractivity contribution in [3.05, 3.63) is 18.0 Å². The van der Waals surface area contributed by atoms with Crippen LogP contribution in [0.4, 0.5) is 5.95 Å². The number of aromatic nitrogens is 2. The Labute approximate surface area is 95.3 Å². The number of hydrogen-bond donors (Lipinski definition) is 2. The molecule has 15 heavy (non-hydrogen) atoms. The number of nitrogens with zero attached hydrogens (tertiary/aromatic N) is 2. The summed E-state index contributed by atoms with van der Waals surface area (Å²) in [6, 6.07) is 2.10. The quantitative estimate of drug-likeness (QED) is 0.745. The third kappa shape index (κ3) is 3.43. The number of rotatable bonds is 5. The van der Waals surface area contributed by atoms with Crippen molar-refractivity contribution in [2.45, 2.75) is 32.7 Å². The van der Waals surface area contributed by atoms with Crippen LogP contribution in [-0.4, -0.2) is 21.0 Å². The van der Waals surface area contributed by atoms with E-state index in [1.807, 2.05) is 0 Å². The number of hydrogen-bond acceptors (Lipinski definition) is 4. The third-order valence-electron chi connectivity index (χ3n) is 2.23. The molecule has 1 aromatic rings. The zero-order chi connectivity index (χ0) is 11.3. The minimum atomic E-state index is 0.296. The van der Waals surface area contributed by atoms with Crippen molar-refractivity contribution in [1.82, 2.24) is 9.97 Å². The number of anilines is 1. The largest absolute Gasteiger partial charge is 0.388 e. The first-order valence-electron chi connectivity index (χ1n) is 5.06. The van der Waals surface area contributed by atoms with Crippen molar-refractivity contribution in [2.75, 3.05) is 5.32 Å². The van der Waals surface area contributed by atoms with Crippen LogP contribution in [0, 0.1) is 0 Å². The first kappa shape index (κ1) is 11.8. The van der Waals surface area contributed by atoms with Gasteiger partial charge in [0.25, 0.3) is 0 Å². The van der Waals surface area contributed by atoms with Crippen LogP contribution >= 0.6 is 12.2 Å². The lowest BCUT2D eigenvalue weighted by Gasteiger charge is -2.14. The van der Waals surface area contributed by atoms with Gasteiger partial charge < -0.3 is 11.1 Å². The van der Waals surface area contributed by atoms with Gasteiger partial charge >= 0.3 is 0 Å². The fourth-order valence-corrected chi connectivity index (χ4v) is 1.35. The summed E-state index contributed by atoms with van der Waals surface area (Å²) in [5.41, 5.74) is 6.10. The number of nitrogens with two attached hydrogens (primary N) is 1. The van der Waals surface area contributed by atoms with Gasteiger partial charge in [-0.15, -0.1) is 0 Å². The minimum absolute atomic E-state index is 0.296. The van der Waals surface area contributed by atoms with Crippen LogP contribution in [0.25, 0.3) is 0 Å². The molecule has 0 saturated carbocycles. The third-order valence-corrected chi connectivity index (χ3v) is 2.44. The van der Waals surface area contributed by atoms with Crippen LogP contribution < -0.4 is 11.1 Å². The summed E-state index contributed by atoms with van der Waals surface area (Å²) < 4.78 is 0. The molecule has 5 heteroatoms. The second-order valence-electron chi connectivity index (χ2n) is 3.29. The maximum Gasteiger partial charge on any atom is 0.223 e. The van der Waals surface area contributed by atoms with Gasteiger partial charge in [-0.05, 0) is 18.9 Å². The molecule has 0 atom stereocenters. The average molecular weight is 224 g/mol. The van der Waals surface area contributed by atoms with Crippen molar-refractivity contribution in [3.63, 3.8) is 0 Å². The van der Waals surface area contributed by atoms with Gasteiger partial charge in [-0.3, -0.25) is 0 Å². The molecule has 3 N–H and O–H groups in total. The molecule has 0 radical (unpaired) electrons. The SMILES string of the molecule is CCC(CC)Nc1nccc(C(N)=S)n1. The Bertz CT molecular complexity index is 336.